The van der Waals surface area contributed by atoms with Crippen LogP contribution in [0.2, 0.25) is 0 Å². The summed E-state index contributed by atoms with van der Waals surface area (Å²) in [4.78, 5) is 16.6. The van der Waals surface area contributed by atoms with Gasteiger partial charge in [0, 0.05) is 105 Å². The van der Waals surface area contributed by atoms with Crippen LogP contribution in [0.25, 0.3) is 233 Å². The minimum Gasteiger partial charge on any atom is -0.456 e. The number of nitrogens with zero attached hydrogens (tertiary/aromatic N) is 7. The topological polar surface area (TPSA) is 84.7 Å². The molecule has 0 aliphatic heterocycles. The van der Waals surface area contributed by atoms with Crippen LogP contribution in [0.4, 0.5) is 0 Å². The third kappa shape index (κ3) is 10.0. The zero-order valence-electron chi connectivity index (χ0n) is 61.3. The van der Waals surface area contributed by atoms with Crippen molar-refractivity contribution in [3.63, 3.8) is 0 Å². The van der Waals surface area contributed by atoms with E-state index in [1.807, 2.05) is 24.3 Å². The number of aromatic nitrogens is 7. The second-order valence-electron chi connectivity index (χ2n) is 29.8. The Morgan fingerprint density at radius 2 is 0.474 bits per heavy atom. The minimum absolute atomic E-state index is 0.592. The summed E-state index contributed by atoms with van der Waals surface area (Å²) in [6.07, 6.45) is 0. The largest absolute Gasteiger partial charge is 0.456 e. The molecule has 0 atom stereocenters. The first-order chi connectivity index (χ1) is 56.5. The number of furan rings is 2. The first-order valence-corrected chi connectivity index (χ1v) is 38.7. The van der Waals surface area contributed by atoms with E-state index >= 15 is 0 Å². The summed E-state index contributed by atoms with van der Waals surface area (Å²) >= 11 is 0. The maximum atomic E-state index is 6.46. The molecule has 24 aromatic rings. The number of hydrogen-bond acceptors (Lipinski definition) is 5. The van der Waals surface area contributed by atoms with Crippen LogP contribution in [-0.2, 0) is 0 Å². The molecule has 0 amide bonds. The molecular weight excluding hydrogens is 1390 g/mol. The molecular formula is C105H63N7O2. The molecule has 0 bridgehead atoms. The highest BCUT2D eigenvalue weighted by Crippen LogP contribution is 2.45. The zero-order valence-corrected chi connectivity index (χ0v) is 61.3. The van der Waals surface area contributed by atoms with Gasteiger partial charge in [0.2, 0.25) is 5.95 Å². The fourth-order valence-corrected chi connectivity index (χ4v) is 18.0. The predicted octanol–water partition coefficient (Wildman–Crippen LogP) is 27.7. The third-order valence-corrected chi connectivity index (χ3v) is 23.4. The van der Waals surface area contributed by atoms with E-state index < -0.39 is 0 Å². The van der Waals surface area contributed by atoms with Crippen molar-refractivity contribution in [3.05, 3.63) is 382 Å². The fourth-order valence-electron chi connectivity index (χ4n) is 18.0. The van der Waals surface area contributed by atoms with Crippen molar-refractivity contribution in [2.45, 2.75) is 0 Å². The van der Waals surface area contributed by atoms with E-state index in [-0.39, 0.29) is 0 Å². The van der Waals surface area contributed by atoms with Gasteiger partial charge in [0.15, 0.2) is 0 Å². The average molecular weight is 1450 g/mol. The van der Waals surface area contributed by atoms with Crippen LogP contribution in [0.3, 0.4) is 0 Å². The maximum absolute atomic E-state index is 6.46. The Labute approximate surface area is 652 Å². The Kier molecular flexibility index (Phi) is 13.9. The van der Waals surface area contributed by atoms with Gasteiger partial charge >= 0.3 is 0 Å². The van der Waals surface area contributed by atoms with Gasteiger partial charge in [-0.2, -0.15) is 0 Å². The molecule has 0 fully saturated rings. The highest BCUT2D eigenvalue weighted by atomic mass is 16.3. The van der Waals surface area contributed by atoms with Crippen molar-refractivity contribution in [1.29, 1.82) is 0 Å². The van der Waals surface area contributed by atoms with Crippen molar-refractivity contribution in [1.82, 2.24) is 33.2 Å². The summed E-state index contributed by atoms with van der Waals surface area (Å²) in [6, 6.07) is 137. The number of benzene rings is 16. The van der Waals surface area contributed by atoms with Crippen LogP contribution in [0.5, 0.6) is 0 Å². The molecule has 0 N–H and O–H groups in total. The van der Waals surface area contributed by atoms with Crippen LogP contribution < -0.4 is 0 Å². The molecule has 0 saturated carbocycles. The van der Waals surface area contributed by atoms with Crippen molar-refractivity contribution < 1.29 is 8.83 Å². The van der Waals surface area contributed by atoms with Crippen LogP contribution in [0.1, 0.15) is 0 Å². The second kappa shape index (κ2) is 25.0. The average Bonchev–Trinajstić information content (AvgIpc) is 1.58. The quantitative estimate of drug-likeness (QED) is 0.129. The number of hydrogen-bond donors (Lipinski definition) is 0. The van der Waals surface area contributed by atoms with Crippen LogP contribution in [0.15, 0.2) is 391 Å². The lowest BCUT2D eigenvalue weighted by Crippen LogP contribution is -2.04. The second-order valence-corrected chi connectivity index (χ2v) is 29.8. The summed E-state index contributed by atoms with van der Waals surface area (Å²) in [7, 11) is 0. The highest BCUT2D eigenvalue weighted by molar-refractivity contribution is 6.16. The van der Waals surface area contributed by atoms with Gasteiger partial charge in [-0.15, -0.1) is 0 Å². The van der Waals surface area contributed by atoms with Gasteiger partial charge in [0.25, 0.3) is 0 Å². The summed E-state index contributed by atoms with van der Waals surface area (Å²) in [5, 5.41) is 13.7. The Bertz CT molecular complexity index is 8040. The first-order valence-electron chi connectivity index (χ1n) is 38.7. The molecule has 530 valence electrons. The van der Waals surface area contributed by atoms with Gasteiger partial charge in [-0.3, -0.25) is 9.13 Å². The van der Waals surface area contributed by atoms with Crippen LogP contribution in [0, 0.1) is 0 Å². The molecule has 0 unspecified atom stereocenters. The van der Waals surface area contributed by atoms with E-state index in [9.17, 15) is 0 Å². The fraction of sp³-hybridized carbons (Fsp3) is 0. The predicted molar refractivity (Wildman–Crippen MR) is 470 cm³/mol. The molecule has 9 heteroatoms. The van der Waals surface area contributed by atoms with E-state index in [4.69, 9.17) is 23.8 Å². The summed E-state index contributed by atoms with van der Waals surface area (Å²) in [5.41, 5.74) is 28.7. The molecule has 114 heavy (non-hydrogen) atoms. The lowest BCUT2D eigenvalue weighted by atomic mass is 9.98. The Balaban J connectivity index is 0.619. The molecule has 0 aliphatic rings. The minimum atomic E-state index is 0.592. The SMILES string of the molecule is c1ccc(-c2cc(-c3ccccc3)nc(-n3c4ccc(-c5ccc(-c6cc(-c7ccccc7)nc(-n7c8ccccc8c8cc(-c9ccc%10c(c9)c9ccccc9n%10-c9ccc%10c(c9)oc9ccccc9%10)ccc87)n6)cc5)cc4c4cc(-c5ccc6c(c5)c5ccccc5n6-c5ccc6c(c5)oc5ccccc56)ccc43)c2)cc1. The lowest BCUT2D eigenvalue weighted by molar-refractivity contribution is 0.668. The first kappa shape index (κ1) is 63.5. The third-order valence-electron chi connectivity index (χ3n) is 23.4. The van der Waals surface area contributed by atoms with Crippen molar-refractivity contribution in [3.8, 4) is 101 Å². The number of para-hydroxylation sites is 5. The van der Waals surface area contributed by atoms with E-state index in [1.165, 1.54) is 21.5 Å². The normalized spacial score (nSPS) is 12.0. The summed E-state index contributed by atoms with van der Waals surface area (Å²) in [5.74, 6) is 1.43. The van der Waals surface area contributed by atoms with E-state index in [2.05, 4.69) is 376 Å². The molecule has 8 aromatic heterocycles. The van der Waals surface area contributed by atoms with Crippen LogP contribution >= 0.6 is 0 Å². The monoisotopic (exact) mass is 1450 g/mol. The number of rotatable bonds is 11. The van der Waals surface area contributed by atoms with Gasteiger partial charge < -0.3 is 18.0 Å². The molecule has 16 aromatic carbocycles. The molecule has 0 saturated heterocycles. The van der Waals surface area contributed by atoms with Gasteiger partial charge in [-0.05, 0) is 178 Å². The molecule has 8 heterocycles. The molecule has 0 spiro atoms. The zero-order chi connectivity index (χ0) is 74.6. The van der Waals surface area contributed by atoms with E-state index in [0.717, 1.165) is 205 Å². The molecule has 0 radical (unpaired) electrons. The number of fused-ring (bicyclic) bond motifs is 18. The van der Waals surface area contributed by atoms with Gasteiger partial charge in [0.05, 0.1) is 61.2 Å². The van der Waals surface area contributed by atoms with Crippen LogP contribution in [-0.4, -0.2) is 33.2 Å². The van der Waals surface area contributed by atoms with Gasteiger partial charge in [0.1, 0.15) is 28.1 Å². The smallest absolute Gasteiger partial charge is 0.235 e. The Hall–Kier alpha value is -15.5. The van der Waals surface area contributed by atoms with Gasteiger partial charge in [-0.1, -0.05) is 237 Å². The Morgan fingerprint density at radius 1 is 0.167 bits per heavy atom. The standard InChI is InChI=1S/C105H63N7O2/c1-4-20-64(21-5-1)74-59-89(66-22-6-2-7-23-66)106-104(60-74)111-97-51-40-69(54-87(97)88-58-73(43-52-98(88)111)71-42-50-96-85(56-71)78-27-11-16-32-93(78)110(96)76-46-48-83-81-30-14-19-35-101(81)114-103(83)62-76)65-36-38-68(39-37-65)91-63-90(67-24-8-3-9-25-67)107-105(108-91)112-94-33-17-12-28-79(94)86-57-72(44-53-99(86)112)70-41-49-95-84(55-70)77-26-10-15-31-92(77)109(95)75-45-47-82-80-29-13-18-34-100(80)113-102(82)61-75/h1-63H. The van der Waals surface area contributed by atoms with Crippen molar-refractivity contribution >= 4 is 131 Å². The molecule has 24 rings (SSSR count). The van der Waals surface area contributed by atoms with E-state index in [1.54, 1.807) is 0 Å². The lowest BCUT2D eigenvalue weighted by Gasteiger charge is -2.13. The molecule has 9 nitrogen and oxygen atoms in total. The van der Waals surface area contributed by atoms with Crippen molar-refractivity contribution in [2.24, 2.45) is 0 Å². The number of pyridine rings is 1. The van der Waals surface area contributed by atoms with E-state index in [0.29, 0.717) is 5.95 Å². The summed E-state index contributed by atoms with van der Waals surface area (Å²) in [6.45, 7) is 0. The summed E-state index contributed by atoms with van der Waals surface area (Å²) < 4.78 is 22.2. The Morgan fingerprint density at radius 3 is 0.930 bits per heavy atom. The molecule has 0 aliphatic carbocycles. The van der Waals surface area contributed by atoms with Crippen molar-refractivity contribution in [2.75, 3.05) is 0 Å². The van der Waals surface area contributed by atoms with Gasteiger partial charge in [-0.25, -0.2) is 15.0 Å². The maximum Gasteiger partial charge on any atom is 0.235 e. The highest BCUT2D eigenvalue weighted by Gasteiger charge is 2.24.